The van der Waals surface area contributed by atoms with Crippen LogP contribution in [0.2, 0.25) is 0 Å². The molecule has 0 fully saturated rings. The summed E-state index contributed by atoms with van der Waals surface area (Å²) in [5.41, 5.74) is 0. The number of carbonyl (C=O) groups is 1. The van der Waals surface area contributed by atoms with Gasteiger partial charge in [-0.3, -0.25) is 5.26 Å². The summed E-state index contributed by atoms with van der Waals surface area (Å²) in [6.45, 7) is 1.82. The number of carbonyl (C=O) groups excluding carboxylic acids is 1. The second-order valence-corrected chi connectivity index (χ2v) is 1.93. The molecule has 4 nitrogen and oxygen atoms in total. The van der Waals surface area contributed by atoms with Crippen LogP contribution in [0.1, 0.15) is 13.3 Å². The lowest BCUT2D eigenvalue weighted by Gasteiger charge is -2.02. The first kappa shape index (κ1) is 10.1. The Morgan fingerprint density at radius 1 is 1.73 bits per heavy atom. The van der Waals surface area contributed by atoms with Crippen molar-refractivity contribution in [2.45, 2.75) is 19.4 Å². The van der Waals surface area contributed by atoms with Crippen LogP contribution in [0.4, 0.5) is 0 Å². The molecule has 0 aromatic carbocycles. The van der Waals surface area contributed by atoms with Crippen LogP contribution < -0.4 is 0 Å². The number of ether oxygens (including phenoxy) is 1. The Kier molecular flexibility index (Phi) is 5.42. The largest absolute Gasteiger partial charge is 0.466 e. The van der Waals surface area contributed by atoms with E-state index in [4.69, 9.17) is 5.26 Å². The van der Waals surface area contributed by atoms with Gasteiger partial charge in [-0.25, -0.2) is 9.68 Å². The first-order chi connectivity index (χ1) is 5.24. The Morgan fingerprint density at radius 3 is 2.73 bits per heavy atom. The molecule has 0 aromatic heterocycles. The number of hydrogen-bond donors (Lipinski definition) is 1. The van der Waals surface area contributed by atoms with Crippen LogP contribution in [0.25, 0.3) is 0 Å². The van der Waals surface area contributed by atoms with Gasteiger partial charge < -0.3 is 4.74 Å². The van der Waals surface area contributed by atoms with E-state index in [0.717, 1.165) is 0 Å². The lowest BCUT2D eigenvalue weighted by Crippen LogP contribution is -2.06. The molecule has 0 spiro atoms. The zero-order valence-electron chi connectivity index (χ0n) is 6.61. The van der Waals surface area contributed by atoms with Gasteiger partial charge in [-0.15, -0.1) is 0 Å². The molecule has 0 aliphatic carbocycles. The minimum absolute atomic E-state index is 0.436. The predicted octanol–water partition coefficient (Wildman–Crippen LogP) is 0.984. The van der Waals surface area contributed by atoms with Crippen molar-refractivity contribution in [3.8, 4) is 0 Å². The maximum Gasteiger partial charge on any atom is 0.330 e. The van der Waals surface area contributed by atoms with Gasteiger partial charge in [-0.2, -0.15) is 0 Å². The summed E-state index contributed by atoms with van der Waals surface area (Å²) in [7, 11) is 1.29. The van der Waals surface area contributed by atoms with Crippen LogP contribution in [0, 0.1) is 0 Å². The summed E-state index contributed by atoms with van der Waals surface area (Å²) in [4.78, 5) is 14.5. The van der Waals surface area contributed by atoms with E-state index in [-0.39, 0.29) is 0 Å². The number of methoxy groups -OCH3 is 1. The Bertz CT molecular complexity index is 137. The lowest BCUT2D eigenvalue weighted by atomic mass is 10.2. The van der Waals surface area contributed by atoms with Crippen LogP contribution in [0.3, 0.4) is 0 Å². The van der Waals surface area contributed by atoms with Crippen molar-refractivity contribution in [1.29, 1.82) is 0 Å². The van der Waals surface area contributed by atoms with Gasteiger partial charge in [0.05, 0.1) is 7.11 Å². The second-order valence-electron chi connectivity index (χ2n) is 1.93. The molecule has 1 unspecified atom stereocenters. The van der Waals surface area contributed by atoms with Crippen molar-refractivity contribution in [3.63, 3.8) is 0 Å². The van der Waals surface area contributed by atoms with E-state index in [1.807, 2.05) is 6.92 Å². The van der Waals surface area contributed by atoms with Crippen LogP contribution in [-0.2, 0) is 14.4 Å². The maximum atomic E-state index is 10.5. The van der Waals surface area contributed by atoms with Crippen molar-refractivity contribution < 1.29 is 19.7 Å². The van der Waals surface area contributed by atoms with Gasteiger partial charge in [0.1, 0.15) is 6.10 Å². The third-order valence-electron chi connectivity index (χ3n) is 1.19. The molecule has 0 amide bonds. The van der Waals surface area contributed by atoms with Gasteiger partial charge >= 0.3 is 5.97 Å². The highest BCUT2D eigenvalue weighted by Crippen LogP contribution is 1.97. The van der Waals surface area contributed by atoms with Gasteiger partial charge in [0.2, 0.25) is 0 Å². The molecule has 0 saturated carbocycles. The highest BCUT2D eigenvalue weighted by molar-refractivity contribution is 5.81. The van der Waals surface area contributed by atoms with Crippen LogP contribution in [-0.4, -0.2) is 24.4 Å². The van der Waals surface area contributed by atoms with Crippen molar-refractivity contribution in [2.75, 3.05) is 7.11 Å². The van der Waals surface area contributed by atoms with Crippen LogP contribution >= 0.6 is 0 Å². The summed E-state index contributed by atoms with van der Waals surface area (Å²) >= 11 is 0. The topological polar surface area (TPSA) is 55.8 Å². The highest BCUT2D eigenvalue weighted by atomic mass is 17.1. The van der Waals surface area contributed by atoms with E-state index >= 15 is 0 Å². The smallest absolute Gasteiger partial charge is 0.330 e. The normalized spacial score (nSPS) is 13.4. The maximum absolute atomic E-state index is 10.5. The quantitative estimate of drug-likeness (QED) is 0.288. The van der Waals surface area contributed by atoms with Crippen molar-refractivity contribution in [3.05, 3.63) is 12.2 Å². The van der Waals surface area contributed by atoms with E-state index in [1.165, 1.54) is 19.3 Å². The fourth-order valence-electron chi connectivity index (χ4n) is 0.500. The third-order valence-corrected chi connectivity index (χ3v) is 1.19. The predicted molar refractivity (Wildman–Crippen MR) is 38.9 cm³/mol. The Balaban J connectivity index is 3.78. The minimum Gasteiger partial charge on any atom is -0.466 e. The van der Waals surface area contributed by atoms with Gasteiger partial charge in [0.25, 0.3) is 0 Å². The molecule has 0 radical (unpaired) electrons. The molecule has 4 heteroatoms. The fourth-order valence-corrected chi connectivity index (χ4v) is 0.500. The number of hydrogen-bond acceptors (Lipinski definition) is 4. The number of esters is 1. The van der Waals surface area contributed by atoms with Crippen molar-refractivity contribution in [1.82, 2.24) is 0 Å². The summed E-state index contributed by atoms with van der Waals surface area (Å²) in [5.74, 6) is -0.458. The SMILES string of the molecule is CCC(/C=C/C(=O)OC)OO. The Hall–Kier alpha value is -0.870. The first-order valence-corrected chi connectivity index (χ1v) is 3.31. The van der Waals surface area contributed by atoms with Crippen molar-refractivity contribution >= 4 is 5.97 Å². The Labute approximate surface area is 65.4 Å². The number of rotatable bonds is 4. The second kappa shape index (κ2) is 5.88. The van der Waals surface area contributed by atoms with Crippen molar-refractivity contribution in [2.24, 2.45) is 0 Å². The van der Waals surface area contributed by atoms with Crippen LogP contribution in [0.15, 0.2) is 12.2 Å². The molecule has 11 heavy (non-hydrogen) atoms. The molecule has 0 bridgehead atoms. The third kappa shape index (κ3) is 4.52. The average molecular weight is 160 g/mol. The monoisotopic (exact) mass is 160 g/mol. The average Bonchev–Trinajstić information content (AvgIpc) is 2.06. The highest BCUT2D eigenvalue weighted by Gasteiger charge is 2.00. The van der Waals surface area contributed by atoms with Crippen LogP contribution in [0.5, 0.6) is 0 Å². The van der Waals surface area contributed by atoms with E-state index < -0.39 is 12.1 Å². The lowest BCUT2D eigenvalue weighted by molar-refractivity contribution is -0.266. The molecule has 0 saturated heterocycles. The summed E-state index contributed by atoms with van der Waals surface area (Å²) in [5, 5.41) is 8.21. The fraction of sp³-hybridized carbons (Fsp3) is 0.571. The molecule has 0 heterocycles. The molecule has 0 aliphatic heterocycles. The molecule has 64 valence electrons. The van der Waals surface area contributed by atoms with E-state index in [1.54, 1.807) is 0 Å². The van der Waals surface area contributed by atoms with E-state index in [2.05, 4.69) is 9.62 Å². The van der Waals surface area contributed by atoms with Gasteiger partial charge in [-0.1, -0.05) is 6.92 Å². The summed E-state index contributed by atoms with van der Waals surface area (Å²) in [6.07, 6.45) is 2.81. The van der Waals surface area contributed by atoms with Gasteiger partial charge in [0, 0.05) is 6.08 Å². The molecule has 0 rings (SSSR count). The summed E-state index contributed by atoms with van der Waals surface area (Å²) in [6, 6.07) is 0. The molecular weight excluding hydrogens is 148 g/mol. The molecular formula is C7H12O4. The molecule has 0 aromatic rings. The van der Waals surface area contributed by atoms with E-state index in [0.29, 0.717) is 6.42 Å². The zero-order valence-corrected chi connectivity index (χ0v) is 6.61. The molecule has 0 aliphatic rings. The van der Waals surface area contributed by atoms with Gasteiger partial charge in [0.15, 0.2) is 0 Å². The van der Waals surface area contributed by atoms with Gasteiger partial charge in [-0.05, 0) is 12.5 Å². The first-order valence-electron chi connectivity index (χ1n) is 3.31. The Morgan fingerprint density at radius 2 is 2.36 bits per heavy atom. The molecule has 1 N–H and O–H groups in total. The van der Waals surface area contributed by atoms with E-state index in [9.17, 15) is 4.79 Å². The zero-order chi connectivity index (χ0) is 8.69. The molecule has 1 atom stereocenters. The minimum atomic E-state index is -0.458. The standard InChI is InChI=1S/C7H12O4/c1-3-6(11-9)4-5-7(8)10-2/h4-6,9H,3H2,1-2H3/b5-4+. The summed E-state index contributed by atoms with van der Waals surface area (Å²) < 4.78 is 4.33.